The van der Waals surface area contributed by atoms with Crippen molar-refractivity contribution in [3.63, 3.8) is 0 Å². The van der Waals surface area contributed by atoms with Crippen LogP contribution in [0.4, 0.5) is 10.1 Å². The molecule has 4 heteroatoms. The van der Waals surface area contributed by atoms with Gasteiger partial charge in [0.1, 0.15) is 5.82 Å². The lowest BCUT2D eigenvalue weighted by atomic mass is 9.99. The molecule has 0 heterocycles. The average Bonchev–Trinajstić information content (AvgIpc) is 2.40. The van der Waals surface area contributed by atoms with Crippen LogP contribution in [0.25, 0.3) is 0 Å². The third kappa shape index (κ3) is 5.57. The number of nitrogens with zero attached hydrogens (tertiary/aromatic N) is 1. The summed E-state index contributed by atoms with van der Waals surface area (Å²) in [6.07, 6.45) is 2.63. The van der Waals surface area contributed by atoms with Crippen LogP contribution in [-0.4, -0.2) is 30.3 Å². The molecule has 0 aromatic heterocycles. The number of unbranched alkanes of at least 4 members (excludes halogenated alkanes) is 1. The second-order valence-electron chi connectivity index (χ2n) is 5.21. The topological polar surface area (TPSA) is 49.5 Å². The van der Waals surface area contributed by atoms with Crippen molar-refractivity contribution < 1.29 is 9.50 Å². The number of aliphatic hydroxyl groups is 1. The van der Waals surface area contributed by atoms with E-state index in [0.717, 1.165) is 31.6 Å². The number of benzene rings is 1. The highest BCUT2D eigenvalue weighted by atomic mass is 19.1. The van der Waals surface area contributed by atoms with Gasteiger partial charge in [0.2, 0.25) is 0 Å². The summed E-state index contributed by atoms with van der Waals surface area (Å²) in [6.45, 7) is 5.94. The summed E-state index contributed by atoms with van der Waals surface area (Å²) in [5.74, 6) is -0.209. The van der Waals surface area contributed by atoms with Crippen LogP contribution in [0.2, 0.25) is 0 Å². The number of hydrogen-bond donors (Lipinski definition) is 2. The minimum absolute atomic E-state index is 0.209. The first-order valence-corrected chi connectivity index (χ1v) is 6.91. The Hall–Kier alpha value is -1.13. The Morgan fingerprint density at radius 3 is 2.42 bits per heavy atom. The van der Waals surface area contributed by atoms with Gasteiger partial charge in [-0.3, -0.25) is 0 Å². The normalized spacial score (nSPS) is 14.2. The van der Waals surface area contributed by atoms with Crippen LogP contribution in [0, 0.1) is 5.82 Å². The van der Waals surface area contributed by atoms with E-state index in [1.165, 1.54) is 12.1 Å². The maximum atomic E-state index is 12.9. The molecule has 0 fully saturated rings. The first-order valence-electron chi connectivity index (χ1n) is 6.91. The van der Waals surface area contributed by atoms with Gasteiger partial charge < -0.3 is 15.7 Å². The summed E-state index contributed by atoms with van der Waals surface area (Å²) in [4.78, 5) is 2.20. The third-order valence-corrected chi connectivity index (χ3v) is 3.41. The van der Waals surface area contributed by atoms with E-state index in [-0.39, 0.29) is 5.82 Å². The summed E-state index contributed by atoms with van der Waals surface area (Å²) in [5.41, 5.74) is 5.76. The first kappa shape index (κ1) is 15.9. The molecule has 0 saturated carbocycles. The molecule has 0 saturated heterocycles. The van der Waals surface area contributed by atoms with Crippen molar-refractivity contribution in [3.8, 4) is 0 Å². The van der Waals surface area contributed by atoms with Crippen LogP contribution >= 0.6 is 0 Å². The molecule has 0 aliphatic carbocycles. The molecule has 3 nitrogen and oxygen atoms in total. The Bertz CT molecular complexity index is 365. The zero-order valence-corrected chi connectivity index (χ0v) is 11.9. The van der Waals surface area contributed by atoms with E-state index in [4.69, 9.17) is 5.73 Å². The maximum absolute atomic E-state index is 12.9. The van der Waals surface area contributed by atoms with Crippen molar-refractivity contribution in [2.24, 2.45) is 5.73 Å². The molecular weight excluding hydrogens is 243 g/mol. The molecule has 0 amide bonds. The van der Waals surface area contributed by atoms with Gasteiger partial charge in [-0.2, -0.15) is 0 Å². The number of nitrogens with two attached hydrogens (primary N) is 1. The van der Waals surface area contributed by atoms with Crippen LogP contribution in [0.1, 0.15) is 33.1 Å². The van der Waals surface area contributed by atoms with Crippen LogP contribution in [-0.2, 0) is 0 Å². The summed E-state index contributed by atoms with van der Waals surface area (Å²) in [6, 6.07) is 6.57. The van der Waals surface area contributed by atoms with Gasteiger partial charge in [0, 0.05) is 25.3 Å². The van der Waals surface area contributed by atoms with Crippen molar-refractivity contribution in [2.75, 3.05) is 24.5 Å². The van der Waals surface area contributed by atoms with Gasteiger partial charge in [-0.15, -0.1) is 0 Å². The average molecular weight is 268 g/mol. The van der Waals surface area contributed by atoms with E-state index >= 15 is 0 Å². The van der Waals surface area contributed by atoms with Crippen LogP contribution in [0.3, 0.4) is 0 Å². The fourth-order valence-corrected chi connectivity index (χ4v) is 2.03. The van der Waals surface area contributed by atoms with E-state index in [1.807, 2.05) is 0 Å². The largest absolute Gasteiger partial charge is 0.389 e. The van der Waals surface area contributed by atoms with Crippen molar-refractivity contribution in [1.29, 1.82) is 0 Å². The second-order valence-corrected chi connectivity index (χ2v) is 5.21. The Morgan fingerprint density at radius 1 is 1.26 bits per heavy atom. The molecule has 1 atom stereocenters. The number of anilines is 1. The molecule has 108 valence electrons. The molecule has 0 aliphatic rings. The van der Waals surface area contributed by atoms with Crippen LogP contribution < -0.4 is 10.6 Å². The summed E-state index contributed by atoms with van der Waals surface area (Å²) in [7, 11) is 0. The SMILES string of the molecule is CCN(CCCCC(C)(O)CN)c1ccc(F)cc1. The van der Waals surface area contributed by atoms with E-state index in [2.05, 4.69) is 11.8 Å². The Morgan fingerprint density at radius 2 is 1.89 bits per heavy atom. The van der Waals surface area contributed by atoms with Crippen molar-refractivity contribution in [1.82, 2.24) is 0 Å². The standard InChI is InChI=1S/C15H25FN2O/c1-3-18(14-8-6-13(16)7-9-14)11-5-4-10-15(2,19)12-17/h6-9,19H,3-5,10-12,17H2,1-2H3. The highest BCUT2D eigenvalue weighted by Crippen LogP contribution is 2.17. The van der Waals surface area contributed by atoms with E-state index < -0.39 is 5.60 Å². The van der Waals surface area contributed by atoms with E-state index in [9.17, 15) is 9.50 Å². The molecule has 1 unspecified atom stereocenters. The van der Waals surface area contributed by atoms with Gasteiger partial charge in [-0.1, -0.05) is 0 Å². The van der Waals surface area contributed by atoms with Gasteiger partial charge in [-0.25, -0.2) is 4.39 Å². The fraction of sp³-hybridized carbons (Fsp3) is 0.600. The van der Waals surface area contributed by atoms with Crippen molar-refractivity contribution >= 4 is 5.69 Å². The van der Waals surface area contributed by atoms with Crippen molar-refractivity contribution in [2.45, 2.75) is 38.7 Å². The smallest absolute Gasteiger partial charge is 0.123 e. The van der Waals surface area contributed by atoms with Gasteiger partial charge >= 0.3 is 0 Å². The van der Waals surface area contributed by atoms with Crippen LogP contribution in [0.5, 0.6) is 0 Å². The molecule has 3 N–H and O–H groups in total. The predicted octanol–water partition coefficient (Wildman–Crippen LogP) is 2.53. The summed E-state index contributed by atoms with van der Waals surface area (Å²) in [5, 5.41) is 9.81. The molecule has 0 bridgehead atoms. The third-order valence-electron chi connectivity index (χ3n) is 3.41. The number of halogens is 1. The van der Waals surface area contributed by atoms with Gasteiger partial charge in [0.25, 0.3) is 0 Å². The molecule has 1 aromatic carbocycles. The molecule has 0 spiro atoms. The van der Waals surface area contributed by atoms with Crippen molar-refractivity contribution in [3.05, 3.63) is 30.1 Å². The lowest BCUT2D eigenvalue weighted by Crippen LogP contribution is -2.34. The Kier molecular flexibility index (Phi) is 6.25. The predicted molar refractivity (Wildman–Crippen MR) is 77.8 cm³/mol. The molecule has 1 aromatic rings. The highest BCUT2D eigenvalue weighted by Gasteiger charge is 2.17. The van der Waals surface area contributed by atoms with Gasteiger partial charge in [-0.05, 0) is 57.4 Å². The van der Waals surface area contributed by atoms with Gasteiger partial charge in [0.05, 0.1) is 5.60 Å². The maximum Gasteiger partial charge on any atom is 0.123 e. The van der Waals surface area contributed by atoms with Gasteiger partial charge in [0.15, 0.2) is 0 Å². The quantitative estimate of drug-likeness (QED) is 0.712. The van der Waals surface area contributed by atoms with Crippen LogP contribution in [0.15, 0.2) is 24.3 Å². The molecule has 19 heavy (non-hydrogen) atoms. The molecule has 1 rings (SSSR count). The minimum atomic E-state index is -0.757. The number of hydrogen-bond acceptors (Lipinski definition) is 3. The Balaban J connectivity index is 2.39. The zero-order valence-electron chi connectivity index (χ0n) is 11.9. The Labute approximate surface area is 115 Å². The molecular formula is C15H25FN2O. The highest BCUT2D eigenvalue weighted by molar-refractivity contribution is 5.45. The number of rotatable bonds is 8. The van der Waals surface area contributed by atoms with E-state index in [1.54, 1.807) is 19.1 Å². The lowest BCUT2D eigenvalue weighted by Gasteiger charge is -2.25. The van der Waals surface area contributed by atoms with E-state index in [0.29, 0.717) is 13.0 Å². The monoisotopic (exact) mass is 268 g/mol. The minimum Gasteiger partial charge on any atom is -0.389 e. The lowest BCUT2D eigenvalue weighted by molar-refractivity contribution is 0.0574. The first-order chi connectivity index (χ1) is 8.98. The zero-order chi connectivity index (χ0) is 14.3. The second kappa shape index (κ2) is 7.46. The molecule has 0 aliphatic heterocycles. The summed E-state index contributed by atoms with van der Waals surface area (Å²) < 4.78 is 12.9. The summed E-state index contributed by atoms with van der Waals surface area (Å²) >= 11 is 0. The molecule has 0 radical (unpaired) electrons. The fourth-order valence-electron chi connectivity index (χ4n) is 2.03.